The lowest BCUT2D eigenvalue weighted by Gasteiger charge is -2.16. The van der Waals surface area contributed by atoms with Crippen molar-refractivity contribution in [3.05, 3.63) is 96.1 Å². The summed E-state index contributed by atoms with van der Waals surface area (Å²) in [6, 6.07) is 26.7. The summed E-state index contributed by atoms with van der Waals surface area (Å²) in [6.45, 7) is 0.322. The van der Waals surface area contributed by atoms with Crippen molar-refractivity contribution in [1.82, 2.24) is 4.90 Å². The molecule has 0 bridgehead atoms. The van der Waals surface area contributed by atoms with Gasteiger partial charge in [-0.3, -0.25) is 4.79 Å². The van der Waals surface area contributed by atoms with Crippen LogP contribution in [0.15, 0.2) is 84.9 Å². The molecule has 1 atom stereocenters. The Morgan fingerprint density at radius 2 is 1.37 bits per heavy atom. The van der Waals surface area contributed by atoms with Crippen LogP contribution >= 0.6 is 0 Å². The number of carbonyl (C=O) groups is 2. The maximum absolute atomic E-state index is 13.0. The number of hydrogen-bond acceptors (Lipinski definition) is 3. The van der Waals surface area contributed by atoms with Gasteiger partial charge in [0.1, 0.15) is 0 Å². The summed E-state index contributed by atoms with van der Waals surface area (Å²) in [7, 11) is 1.35. The lowest BCUT2D eigenvalue weighted by atomic mass is 9.99. The van der Waals surface area contributed by atoms with Gasteiger partial charge in [-0.05, 0) is 28.8 Å². The minimum absolute atomic E-state index is 0.177. The summed E-state index contributed by atoms with van der Waals surface area (Å²) in [5.41, 5.74) is 2.43. The molecule has 1 heterocycles. The largest absolute Gasteiger partial charge is 0.467 e. The third kappa shape index (κ3) is 2.89. The van der Waals surface area contributed by atoms with E-state index in [0.29, 0.717) is 12.1 Å². The van der Waals surface area contributed by atoms with Crippen LogP contribution in [0.3, 0.4) is 0 Å². The van der Waals surface area contributed by atoms with Gasteiger partial charge in [0.25, 0.3) is 5.91 Å². The maximum Gasteiger partial charge on any atom is 0.338 e. The molecule has 3 aromatic rings. The molecule has 0 aromatic heterocycles. The fourth-order valence-corrected chi connectivity index (χ4v) is 3.45. The first-order valence-corrected chi connectivity index (χ1v) is 8.78. The van der Waals surface area contributed by atoms with Crippen LogP contribution in [0, 0.1) is 0 Å². The van der Waals surface area contributed by atoms with Crippen molar-refractivity contribution in [2.45, 2.75) is 5.54 Å². The van der Waals surface area contributed by atoms with Gasteiger partial charge in [0.15, 0.2) is 5.54 Å². The number of hydrogen-bond donors (Lipinski definition) is 0. The molecule has 4 heteroatoms. The number of ether oxygens (including phenoxy) is 1. The molecule has 0 saturated carbocycles. The second kappa shape index (κ2) is 6.72. The second-order valence-electron chi connectivity index (χ2n) is 6.55. The molecule has 1 saturated heterocycles. The summed E-state index contributed by atoms with van der Waals surface area (Å²) in [6.07, 6.45) is 0. The predicted molar refractivity (Wildman–Crippen MR) is 103 cm³/mol. The molecule has 0 unspecified atom stereocenters. The number of nitrogens with zero attached hydrogens (tertiary/aromatic N) is 1. The number of esters is 1. The minimum Gasteiger partial charge on any atom is -0.467 e. The lowest BCUT2D eigenvalue weighted by molar-refractivity contribution is -0.145. The first kappa shape index (κ1) is 17.0. The van der Waals surface area contributed by atoms with E-state index in [9.17, 15) is 9.59 Å². The zero-order valence-corrected chi connectivity index (χ0v) is 15.0. The summed E-state index contributed by atoms with van der Waals surface area (Å²) >= 11 is 0. The standard InChI is InChI=1S/C23H19NO3/c1-27-22(26)23(20-10-6-3-7-11-20)16-24(23)21(25)19-14-12-18(13-15-19)17-8-4-2-5-9-17/h2-15H,16H2,1H3/t23-,24?/m1/s1. The summed E-state index contributed by atoms with van der Waals surface area (Å²) in [5.74, 6) is -0.591. The minimum atomic E-state index is -1.02. The topological polar surface area (TPSA) is 46.4 Å². The van der Waals surface area contributed by atoms with Gasteiger partial charge < -0.3 is 9.64 Å². The van der Waals surface area contributed by atoms with Crippen molar-refractivity contribution in [1.29, 1.82) is 0 Å². The van der Waals surface area contributed by atoms with Crippen molar-refractivity contribution in [3.8, 4) is 11.1 Å². The van der Waals surface area contributed by atoms with E-state index >= 15 is 0 Å². The Morgan fingerprint density at radius 1 is 0.815 bits per heavy atom. The van der Waals surface area contributed by atoms with Gasteiger partial charge in [0.05, 0.1) is 13.7 Å². The van der Waals surface area contributed by atoms with Crippen LogP contribution in [0.2, 0.25) is 0 Å². The molecule has 4 rings (SSSR count). The van der Waals surface area contributed by atoms with E-state index in [0.717, 1.165) is 16.7 Å². The van der Waals surface area contributed by atoms with Crippen LogP contribution in [0.4, 0.5) is 0 Å². The van der Waals surface area contributed by atoms with Crippen LogP contribution in [0.25, 0.3) is 11.1 Å². The highest BCUT2D eigenvalue weighted by molar-refractivity contribution is 6.03. The SMILES string of the molecule is COC(=O)[C@]1(c2ccccc2)CN1C(=O)c1ccc(-c2ccccc2)cc1. The smallest absolute Gasteiger partial charge is 0.338 e. The van der Waals surface area contributed by atoms with Gasteiger partial charge in [-0.25, -0.2) is 4.79 Å². The van der Waals surface area contributed by atoms with Crippen LogP contribution < -0.4 is 0 Å². The van der Waals surface area contributed by atoms with Gasteiger partial charge in [-0.1, -0.05) is 72.8 Å². The normalized spacial score (nSPS) is 18.0. The number of amides is 1. The maximum atomic E-state index is 13.0. The van der Waals surface area contributed by atoms with Crippen LogP contribution in [0.5, 0.6) is 0 Å². The molecular weight excluding hydrogens is 338 g/mol. The fraction of sp³-hybridized carbons (Fsp3) is 0.130. The Morgan fingerprint density at radius 3 is 1.96 bits per heavy atom. The molecule has 0 aliphatic carbocycles. The first-order chi connectivity index (χ1) is 13.2. The molecule has 1 aliphatic rings. The Bertz CT molecular complexity index is 968. The van der Waals surface area contributed by atoms with Gasteiger partial charge in [0.2, 0.25) is 0 Å². The summed E-state index contributed by atoms with van der Waals surface area (Å²) < 4.78 is 4.99. The van der Waals surface area contributed by atoms with Crippen molar-refractivity contribution in [2.75, 3.05) is 13.7 Å². The highest BCUT2D eigenvalue weighted by Gasteiger charge is 2.63. The molecule has 134 valence electrons. The number of methoxy groups -OCH3 is 1. The highest BCUT2D eigenvalue weighted by atomic mass is 16.5. The van der Waals surface area contributed by atoms with Crippen molar-refractivity contribution >= 4 is 11.9 Å². The monoisotopic (exact) mass is 357 g/mol. The third-order valence-corrected chi connectivity index (χ3v) is 5.00. The zero-order valence-electron chi connectivity index (χ0n) is 15.0. The molecule has 3 aromatic carbocycles. The van der Waals surface area contributed by atoms with Crippen molar-refractivity contribution < 1.29 is 14.3 Å². The molecule has 4 nitrogen and oxygen atoms in total. The van der Waals surface area contributed by atoms with E-state index in [1.165, 1.54) is 7.11 Å². The van der Waals surface area contributed by atoms with Crippen molar-refractivity contribution in [3.63, 3.8) is 0 Å². The molecule has 0 N–H and O–H groups in total. The van der Waals surface area contributed by atoms with Crippen LogP contribution in [-0.2, 0) is 15.1 Å². The summed E-state index contributed by atoms with van der Waals surface area (Å²) in [5, 5.41) is 0. The molecule has 27 heavy (non-hydrogen) atoms. The Balaban J connectivity index is 1.61. The number of carbonyl (C=O) groups excluding carboxylic acids is 2. The van der Waals surface area contributed by atoms with E-state index in [1.807, 2.05) is 72.8 Å². The Kier molecular flexibility index (Phi) is 4.24. The number of benzene rings is 3. The summed E-state index contributed by atoms with van der Waals surface area (Å²) in [4.78, 5) is 27.0. The second-order valence-corrected chi connectivity index (χ2v) is 6.55. The zero-order chi connectivity index (χ0) is 18.9. The third-order valence-electron chi connectivity index (χ3n) is 5.00. The van der Waals surface area contributed by atoms with Gasteiger partial charge in [0, 0.05) is 5.56 Å². The molecule has 1 amide bonds. The average molecular weight is 357 g/mol. The molecule has 0 spiro atoms. The van der Waals surface area contributed by atoms with Crippen LogP contribution in [-0.4, -0.2) is 30.4 Å². The average Bonchev–Trinajstić information content (AvgIpc) is 3.51. The Hall–Kier alpha value is -3.40. The van der Waals surface area contributed by atoms with E-state index < -0.39 is 11.5 Å². The lowest BCUT2D eigenvalue weighted by Crippen LogP contribution is -2.31. The quantitative estimate of drug-likeness (QED) is 0.526. The molecular formula is C23H19NO3. The molecule has 0 radical (unpaired) electrons. The van der Waals surface area contributed by atoms with Gasteiger partial charge >= 0.3 is 5.97 Å². The highest BCUT2D eigenvalue weighted by Crippen LogP contribution is 2.44. The Labute approximate surface area is 158 Å². The van der Waals surface area contributed by atoms with Gasteiger partial charge in [-0.15, -0.1) is 0 Å². The molecule has 1 aliphatic heterocycles. The van der Waals surface area contributed by atoms with Gasteiger partial charge in [-0.2, -0.15) is 0 Å². The van der Waals surface area contributed by atoms with Crippen LogP contribution in [0.1, 0.15) is 15.9 Å². The van der Waals surface area contributed by atoms with E-state index in [-0.39, 0.29) is 5.91 Å². The first-order valence-electron chi connectivity index (χ1n) is 8.78. The fourth-order valence-electron chi connectivity index (χ4n) is 3.45. The van der Waals surface area contributed by atoms with E-state index in [1.54, 1.807) is 17.0 Å². The predicted octanol–water partition coefficient (Wildman–Crippen LogP) is 3.88. The number of rotatable bonds is 4. The molecule has 1 fully saturated rings. The van der Waals surface area contributed by atoms with Crippen molar-refractivity contribution in [2.24, 2.45) is 0 Å². The van der Waals surface area contributed by atoms with E-state index in [2.05, 4.69) is 0 Å². The van der Waals surface area contributed by atoms with E-state index in [4.69, 9.17) is 4.74 Å².